The Morgan fingerprint density at radius 3 is 2.61 bits per heavy atom. The molecule has 2 aromatic carbocycles. The molecule has 0 spiro atoms. The number of para-hydroxylation sites is 1. The molecule has 2 aromatic rings. The van der Waals surface area contributed by atoms with Crippen molar-refractivity contribution in [1.82, 2.24) is 15.1 Å². The first-order chi connectivity index (χ1) is 15.1. The highest BCUT2D eigenvalue weighted by molar-refractivity contribution is 6.32. The zero-order valence-electron chi connectivity index (χ0n) is 17.0. The van der Waals surface area contributed by atoms with Gasteiger partial charge in [-0.2, -0.15) is 0 Å². The Labute approximate surface area is 185 Å². The zero-order valence-corrected chi connectivity index (χ0v) is 17.8. The molecule has 8 nitrogen and oxygen atoms in total. The number of benzene rings is 2. The first-order valence-corrected chi connectivity index (χ1v) is 10.5. The molecule has 2 heterocycles. The van der Waals surface area contributed by atoms with E-state index in [0.29, 0.717) is 47.5 Å². The Hall–Kier alpha value is -2.97. The first-order valence-electron chi connectivity index (χ1n) is 10.2. The highest BCUT2D eigenvalue weighted by Gasteiger charge is 2.22. The van der Waals surface area contributed by atoms with Gasteiger partial charge in [-0.05, 0) is 30.3 Å². The minimum Gasteiger partial charge on any atom is -0.491 e. The number of piperazine rings is 1. The Kier molecular flexibility index (Phi) is 6.79. The van der Waals surface area contributed by atoms with Crippen molar-refractivity contribution in [2.45, 2.75) is 0 Å². The van der Waals surface area contributed by atoms with E-state index in [4.69, 9.17) is 25.8 Å². The number of fused-ring (bicyclic) bond motifs is 1. The normalized spacial score (nSPS) is 15.6. The van der Waals surface area contributed by atoms with Gasteiger partial charge in [0.05, 0.1) is 11.6 Å². The van der Waals surface area contributed by atoms with Crippen LogP contribution in [0, 0.1) is 0 Å². The summed E-state index contributed by atoms with van der Waals surface area (Å²) in [5, 5.41) is 3.28. The van der Waals surface area contributed by atoms with Crippen LogP contribution in [-0.4, -0.2) is 74.3 Å². The van der Waals surface area contributed by atoms with Gasteiger partial charge in [0, 0.05) is 38.3 Å². The molecular weight excluding hydrogens is 422 g/mol. The van der Waals surface area contributed by atoms with Crippen LogP contribution in [0.4, 0.5) is 0 Å². The molecule has 0 saturated carbocycles. The molecule has 0 unspecified atom stereocenters. The summed E-state index contributed by atoms with van der Waals surface area (Å²) >= 11 is 6.09. The van der Waals surface area contributed by atoms with Crippen molar-refractivity contribution in [3.05, 3.63) is 53.1 Å². The summed E-state index contributed by atoms with van der Waals surface area (Å²) < 4.78 is 16.3. The average Bonchev–Trinajstić information content (AvgIpc) is 3.27. The Bertz CT molecular complexity index is 946. The number of amides is 2. The molecule has 0 radical (unpaired) electrons. The quantitative estimate of drug-likeness (QED) is 0.702. The molecule has 0 aliphatic carbocycles. The standard InChI is InChI=1S/C22H24ClN3O5/c23-17-3-1-2-4-18(17)29-12-11-25-7-9-26(10-8-25)21(27)14-24-22(28)16-5-6-19-20(13-16)31-15-30-19/h1-6,13H,7-12,14-15H2,(H,24,28). The van der Waals surface area contributed by atoms with Gasteiger partial charge in [0.1, 0.15) is 12.4 Å². The van der Waals surface area contributed by atoms with E-state index in [1.54, 1.807) is 29.2 Å². The highest BCUT2D eigenvalue weighted by Crippen LogP contribution is 2.32. The maximum Gasteiger partial charge on any atom is 0.251 e. The zero-order chi connectivity index (χ0) is 21.6. The van der Waals surface area contributed by atoms with Gasteiger partial charge in [0.25, 0.3) is 5.91 Å². The number of ether oxygens (including phenoxy) is 3. The highest BCUT2D eigenvalue weighted by atomic mass is 35.5. The summed E-state index contributed by atoms with van der Waals surface area (Å²) in [7, 11) is 0. The van der Waals surface area contributed by atoms with Gasteiger partial charge in [0.2, 0.25) is 12.7 Å². The van der Waals surface area contributed by atoms with Crippen LogP contribution in [0.25, 0.3) is 0 Å². The molecule has 164 valence electrons. The third-order valence-electron chi connectivity index (χ3n) is 5.26. The van der Waals surface area contributed by atoms with E-state index in [0.717, 1.165) is 19.6 Å². The minimum absolute atomic E-state index is 0.0388. The number of carbonyl (C=O) groups excluding carboxylic acids is 2. The fourth-order valence-corrected chi connectivity index (χ4v) is 3.67. The van der Waals surface area contributed by atoms with Gasteiger partial charge in [-0.15, -0.1) is 0 Å². The molecule has 2 aliphatic rings. The van der Waals surface area contributed by atoms with Crippen molar-refractivity contribution in [1.29, 1.82) is 0 Å². The van der Waals surface area contributed by atoms with Crippen LogP contribution in [0.5, 0.6) is 17.2 Å². The van der Waals surface area contributed by atoms with E-state index in [9.17, 15) is 9.59 Å². The molecular formula is C22H24ClN3O5. The largest absolute Gasteiger partial charge is 0.491 e. The maximum absolute atomic E-state index is 12.5. The molecule has 9 heteroatoms. The molecule has 1 N–H and O–H groups in total. The van der Waals surface area contributed by atoms with Crippen molar-refractivity contribution in [3.8, 4) is 17.2 Å². The summed E-state index contributed by atoms with van der Waals surface area (Å²) in [6.07, 6.45) is 0. The minimum atomic E-state index is -0.318. The molecule has 1 saturated heterocycles. The molecule has 2 aliphatic heterocycles. The van der Waals surface area contributed by atoms with Crippen LogP contribution in [0.3, 0.4) is 0 Å². The van der Waals surface area contributed by atoms with Gasteiger partial charge in [-0.25, -0.2) is 0 Å². The second-order valence-electron chi connectivity index (χ2n) is 7.25. The van der Waals surface area contributed by atoms with E-state index in [1.165, 1.54) is 0 Å². The second-order valence-corrected chi connectivity index (χ2v) is 7.66. The number of rotatable bonds is 7. The first kappa shape index (κ1) is 21.3. The number of nitrogens with zero attached hydrogens (tertiary/aromatic N) is 2. The van der Waals surface area contributed by atoms with Crippen LogP contribution < -0.4 is 19.5 Å². The second kappa shape index (κ2) is 9.89. The number of halogens is 1. The predicted octanol–water partition coefficient (Wildman–Crippen LogP) is 2.02. The van der Waals surface area contributed by atoms with E-state index >= 15 is 0 Å². The lowest BCUT2D eigenvalue weighted by molar-refractivity contribution is -0.131. The number of hydrogen-bond acceptors (Lipinski definition) is 6. The lowest BCUT2D eigenvalue weighted by Gasteiger charge is -2.34. The fourth-order valence-electron chi connectivity index (χ4n) is 3.47. The summed E-state index contributed by atoms with van der Waals surface area (Å²) in [5.41, 5.74) is 0.431. The summed E-state index contributed by atoms with van der Waals surface area (Å²) in [6, 6.07) is 12.3. The predicted molar refractivity (Wildman–Crippen MR) is 115 cm³/mol. The van der Waals surface area contributed by atoms with Crippen molar-refractivity contribution in [2.24, 2.45) is 0 Å². The lowest BCUT2D eigenvalue weighted by Crippen LogP contribution is -2.51. The fraction of sp³-hybridized carbons (Fsp3) is 0.364. The lowest BCUT2D eigenvalue weighted by atomic mass is 10.2. The van der Waals surface area contributed by atoms with E-state index in [1.807, 2.05) is 18.2 Å². The van der Waals surface area contributed by atoms with Gasteiger partial charge in [-0.1, -0.05) is 23.7 Å². The van der Waals surface area contributed by atoms with Gasteiger partial charge in [0.15, 0.2) is 11.5 Å². The third kappa shape index (κ3) is 5.39. The number of carbonyl (C=O) groups is 2. The van der Waals surface area contributed by atoms with Crippen molar-refractivity contribution >= 4 is 23.4 Å². The summed E-state index contributed by atoms with van der Waals surface area (Å²) in [4.78, 5) is 28.8. The van der Waals surface area contributed by atoms with Crippen LogP contribution in [0.2, 0.25) is 5.02 Å². The smallest absolute Gasteiger partial charge is 0.251 e. The van der Waals surface area contributed by atoms with Crippen molar-refractivity contribution in [3.63, 3.8) is 0 Å². The van der Waals surface area contributed by atoms with Gasteiger partial charge in [-0.3, -0.25) is 14.5 Å². The van der Waals surface area contributed by atoms with Gasteiger partial charge >= 0.3 is 0 Å². The Morgan fingerprint density at radius 1 is 1.03 bits per heavy atom. The molecule has 31 heavy (non-hydrogen) atoms. The van der Waals surface area contributed by atoms with Crippen LogP contribution >= 0.6 is 11.6 Å². The van der Waals surface area contributed by atoms with Crippen LogP contribution in [0.1, 0.15) is 10.4 Å². The molecule has 1 fully saturated rings. The molecule has 2 amide bonds. The van der Waals surface area contributed by atoms with Crippen molar-refractivity contribution in [2.75, 3.05) is 52.7 Å². The molecule has 0 bridgehead atoms. The molecule has 4 rings (SSSR count). The number of hydrogen-bond donors (Lipinski definition) is 1. The van der Waals surface area contributed by atoms with E-state index in [2.05, 4.69) is 10.2 Å². The van der Waals surface area contributed by atoms with E-state index < -0.39 is 0 Å². The van der Waals surface area contributed by atoms with Crippen LogP contribution in [-0.2, 0) is 4.79 Å². The number of nitrogens with one attached hydrogen (secondary N) is 1. The topological polar surface area (TPSA) is 80.3 Å². The average molecular weight is 446 g/mol. The van der Waals surface area contributed by atoms with Gasteiger partial charge < -0.3 is 24.4 Å². The van der Waals surface area contributed by atoms with Crippen molar-refractivity contribution < 1.29 is 23.8 Å². The van der Waals surface area contributed by atoms with E-state index in [-0.39, 0.29) is 25.2 Å². The molecule has 0 atom stereocenters. The Morgan fingerprint density at radius 2 is 1.81 bits per heavy atom. The Balaban J connectivity index is 1.16. The third-order valence-corrected chi connectivity index (χ3v) is 5.57. The summed E-state index contributed by atoms with van der Waals surface area (Å²) in [5.74, 6) is 1.41. The summed E-state index contributed by atoms with van der Waals surface area (Å²) in [6.45, 7) is 4.15. The SMILES string of the molecule is O=C(NCC(=O)N1CCN(CCOc2ccccc2Cl)CC1)c1ccc2c(c1)OCO2. The molecule has 0 aromatic heterocycles. The maximum atomic E-state index is 12.5. The monoisotopic (exact) mass is 445 g/mol. The van der Waals surface area contributed by atoms with Crippen LogP contribution in [0.15, 0.2) is 42.5 Å².